The van der Waals surface area contributed by atoms with Crippen molar-refractivity contribution in [1.82, 2.24) is 9.80 Å². The van der Waals surface area contributed by atoms with E-state index in [2.05, 4.69) is 9.80 Å². The van der Waals surface area contributed by atoms with Crippen molar-refractivity contribution in [2.45, 2.75) is 38.0 Å². The Balaban J connectivity index is 1.24. The third kappa shape index (κ3) is 3.80. The molecule has 1 aromatic carbocycles. The lowest BCUT2D eigenvalue weighted by Gasteiger charge is -2.41. The van der Waals surface area contributed by atoms with Gasteiger partial charge in [0.15, 0.2) is 11.5 Å². The molecule has 164 valence electrons. The Morgan fingerprint density at radius 1 is 0.867 bits per heavy atom. The Morgan fingerprint density at radius 3 is 2.17 bits per heavy atom. The van der Waals surface area contributed by atoms with Crippen LogP contribution in [0.3, 0.4) is 0 Å². The van der Waals surface area contributed by atoms with Gasteiger partial charge in [-0.2, -0.15) is 0 Å². The summed E-state index contributed by atoms with van der Waals surface area (Å²) in [6, 6.07) is 3.79. The first-order chi connectivity index (χ1) is 14.6. The van der Waals surface area contributed by atoms with Crippen molar-refractivity contribution in [1.29, 1.82) is 0 Å². The number of carbonyl (C=O) groups excluding carboxylic acids is 1. The largest absolute Gasteiger partial charge is 0.493 e. The van der Waals surface area contributed by atoms with Crippen molar-refractivity contribution in [2.75, 3.05) is 53.5 Å². The Hall–Kier alpha value is -1.79. The number of piperidine rings is 1. The van der Waals surface area contributed by atoms with Crippen LogP contribution in [0.4, 0.5) is 0 Å². The fourth-order valence-corrected chi connectivity index (χ4v) is 6.14. The van der Waals surface area contributed by atoms with Crippen LogP contribution in [0.5, 0.6) is 17.2 Å². The highest BCUT2D eigenvalue weighted by atomic mass is 16.5. The maximum absolute atomic E-state index is 12.8. The summed E-state index contributed by atoms with van der Waals surface area (Å²) in [6.07, 6.45) is 6.68. The minimum Gasteiger partial charge on any atom is -0.493 e. The SMILES string of the molecule is COc1cc2c(cc1OC)C1CCN(CCN3CC4CCC(CC4)C3)CC1C(=O)O2. The van der Waals surface area contributed by atoms with Gasteiger partial charge in [0, 0.05) is 50.3 Å². The van der Waals surface area contributed by atoms with Crippen LogP contribution in [0, 0.1) is 17.8 Å². The van der Waals surface area contributed by atoms with E-state index in [1.165, 1.54) is 38.8 Å². The van der Waals surface area contributed by atoms with Gasteiger partial charge in [0.25, 0.3) is 0 Å². The van der Waals surface area contributed by atoms with E-state index < -0.39 is 0 Å². The number of benzene rings is 1. The Bertz CT molecular complexity index is 776. The average molecular weight is 415 g/mol. The topological polar surface area (TPSA) is 51.2 Å². The van der Waals surface area contributed by atoms with Gasteiger partial charge in [0.05, 0.1) is 20.1 Å². The molecular formula is C24H34N2O4. The molecule has 1 aliphatic carbocycles. The van der Waals surface area contributed by atoms with Crippen molar-refractivity contribution < 1.29 is 19.0 Å². The van der Waals surface area contributed by atoms with Crippen molar-refractivity contribution >= 4 is 5.97 Å². The van der Waals surface area contributed by atoms with Crippen LogP contribution in [0.2, 0.25) is 0 Å². The van der Waals surface area contributed by atoms with Gasteiger partial charge in [-0.1, -0.05) is 0 Å². The molecule has 2 bridgehead atoms. The molecular weight excluding hydrogens is 380 g/mol. The predicted octanol–water partition coefficient (Wildman–Crippen LogP) is 3.15. The minimum atomic E-state index is -0.0998. The monoisotopic (exact) mass is 414 g/mol. The summed E-state index contributed by atoms with van der Waals surface area (Å²) in [5, 5.41) is 0. The Labute approximate surface area is 179 Å². The lowest BCUT2D eigenvalue weighted by Crippen LogP contribution is -2.48. The number of esters is 1. The molecule has 0 amide bonds. The normalized spacial score (nSPS) is 31.5. The standard InChI is InChI=1S/C24H34N2O4/c1-28-22-11-19-18-7-8-25(9-10-26-13-16-3-4-17(14-26)6-5-16)15-20(18)24(27)30-21(19)12-23(22)29-2/h11-12,16-18,20H,3-10,13-15H2,1-2H3. The molecule has 4 fully saturated rings. The van der Waals surface area contributed by atoms with E-state index in [4.69, 9.17) is 14.2 Å². The molecule has 30 heavy (non-hydrogen) atoms. The number of hydrogen-bond donors (Lipinski definition) is 0. The molecule has 0 spiro atoms. The number of nitrogens with zero attached hydrogens (tertiary/aromatic N) is 2. The summed E-state index contributed by atoms with van der Waals surface area (Å²) in [4.78, 5) is 18.0. The highest BCUT2D eigenvalue weighted by Gasteiger charge is 2.42. The second-order valence-electron chi connectivity index (χ2n) is 9.61. The second kappa shape index (κ2) is 8.39. The molecule has 0 aromatic heterocycles. The first-order valence-electron chi connectivity index (χ1n) is 11.6. The van der Waals surface area contributed by atoms with Crippen LogP contribution in [0.25, 0.3) is 0 Å². The molecule has 6 nitrogen and oxygen atoms in total. The highest BCUT2D eigenvalue weighted by Crippen LogP contribution is 2.46. The van der Waals surface area contributed by atoms with E-state index >= 15 is 0 Å². The molecule has 2 unspecified atom stereocenters. The van der Waals surface area contributed by atoms with Crippen molar-refractivity contribution in [3.8, 4) is 17.2 Å². The van der Waals surface area contributed by atoms with E-state index in [0.717, 1.165) is 50.0 Å². The smallest absolute Gasteiger partial charge is 0.316 e. The number of methoxy groups -OCH3 is 2. The highest BCUT2D eigenvalue weighted by molar-refractivity contribution is 5.80. The molecule has 2 atom stereocenters. The zero-order valence-corrected chi connectivity index (χ0v) is 18.3. The third-order valence-electron chi connectivity index (χ3n) is 7.86. The van der Waals surface area contributed by atoms with Crippen molar-refractivity contribution in [2.24, 2.45) is 17.8 Å². The molecule has 1 saturated carbocycles. The molecule has 5 aliphatic rings. The molecule has 6 heteroatoms. The van der Waals surface area contributed by atoms with Gasteiger partial charge in [0.1, 0.15) is 5.75 Å². The van der Waals surface area contributed by atoms with Crippen LogP contribution in [0.1, 0.15) is 43.6 Å². The van der Waals surface area contributed by atoms with E-state index in [1.54, 1.807) is 20.3 Å². The van der Waals surface area contributed by atoms with Gasteiger partial charge in [0.2, 0.25) is 0 Å². The number of likely N-dealkylation sites (tertiary alicyclic amines) is 1. The Kier molecular flexibility index (Phi) is 5.63. The summed E-state index contributed by atoms with van der Waals surface area (Å²) in [7, 11) is 3.25. The van der Waals surface area contributed by atoms with Crippen molar-refractivity contribution in [3.63, 3.8) is 0 Å². The van der Waals surface area contributed by atoms with Crippen LogP contribution in [0.15, 0.2) is 12.1 Å². The summed E-state index contributed by atoms with van der Waals surface area (Å²) < 4.78 is 16.6. The quantitative estimate of drug-likeness (QED) is 0.545. The van der Waals surface area contributed by atoms with Gasteiger partial charge < -0.3 is 24.0 Å². The van der Waals surface area contributed by atoms with Crippen LogP contribution in [-0.4, -0.2) is 69.3 Å². The zero-order valence-electron chi connectivity index (χ0n) is 18.3. The predicted molar refractivity (Wildman–Crippen MR) is 114 cm³/mol. The van der Waals surface area contributed by atoms with Gasteiger partial charge in [-0.15, -0.1) is 0 Å². The molecule has 6 rings (SSSR count). The molecule has 0 radical (unpaired) electrons. The first kappa shape index (κ1) is 20.1. The van der Waals surface area contributed by atoms with Gasteiger partial charge >= 0.3 is 5.97 Å². The van der Waals surface area contributed by atoms with Crippen molar-refractivity contribution in [3.05, 3.63) is 17.7 Å². The molecule has 0 N–H and O–H groups in total. The summed E-state index contributed by atoms with van der Waals surface area (Å²) in [6.45, 7) is 6.54. The molecule has 4 aliphatic heterocycles. The number of carbonyl (C=O) groups is 1. The molecule has 3 saturated heterocycles. The fourth-order valence-electron chi connectivity index (χ4n) is 6.14. The van der Waals surface area contributed by atoms with Crippen LogP contribution in [-0.2, 0) is 4.79 Å². The second-order valence-corrected chi connectivity index (χ2v) is 9.61. The number of hydrogen-bond acceptors (Lipinski definition) is 6. The maximum Gasteiger partial charge on any atom is 0.316 e. The lowest BCUT2D eigenvalue weighted by atomic mass is 9.78. The van der Waals surface area contributed by atoms with E-state index in [1.807, 2.05) is 6.07 Å². The fraction of sp³-hybridized carbons (Fsp3) is 0.708. The number of fused-ring (bicyclic) bond motifs is 7. The Morgan fingerprint density at radius 2 is 1.50 bits per heavy atom. The summed E-state index contributed by atoms with van der Waals surface area (Å²) in [5.41, 5.74) is 1.08. The minimum absolute atomic E-state index is 0.0929. The van der Waals surface area contributed by atoms with E-state index in [9.17, 15) is 4.79 Å². The van der Waals surface area contributed by atoms with Crippen LogP contribution >= 0.6 is 0 Å². The van der Waals surface area contributed by atoms with E-state index in [0.29, 0.717) is 17.2 Å². The van der Waals surface area contributed by atoms with Gasteiger partial charge in [-0.25, -0.2) is 0 Å². The van der Waals surface area contributed by atoms with Crippen LogP contribution < -0.4 is 14.2 Å². The maximum atomic E-state index is 12.8. The first-order valence-corrected chi connectivity index (χ1v) is 11.6. The summed E-state index contributed by atoms with van der Waals surface area (Å²) in [5.74, 6) is 3.76. The molecule has 1 aromatic rings. The lowest BCUT2D eigenvalue weighted by molar-refractivity contribution is -0.143. The average Bonchev–Trinajstić information content (AvgIpc) is 3.10. The van der Waals surface area contributed by atoms with Gasteiger partial charge in [-0.3, -0.25) is 4.79 Å². The van der Waals surface area contributed by atoms with Gasteiger partial charge in [-0.05, 0) is 56.6 Å². The summed E-state index contributed by atoms with van der Waals surface area (Å²) >= 11 is 0. The third-order valence-corrected chi connectivity index (χ3v) is 7.86. The van der Waals surface area contributed by atoms with E-state index in [-0.39, 0.29) is 17.8 Å². The number of rotatable bonds is 5. The zero-order chi connectivity index (χ0) is 20.7. The molecule has 4 heterocycles. The number of ether oxygens (including phenoxy) is 3.